The molecule has 5 heterocycles. The fraction of sp³-hybridized carbons (Fsp3) is 0.333. The highest BCUT2D eigenvalue weighted by Crippen LogP contribution is 3.00. The summed E-state index contributed by atoms with van der Waals surface area (Å²) in [5.41, 5.74) is 3.40. The number of H-pyrrole nitrogens is 1. The molecule has 0 spiro atoms. The summed E-state index contributed by atoms with van der Waals surface area (Å²) in [5, 5.41) is -2.07. The van der Waals surface area contributed by atoms with Gasteiger partial charge < -0.3 is 4.98 Å². The van der Waals surface area contributed by atoms with Gasteiger partial charge in [-0.25, -0.2) is 34.3 Å². The fourth-order valence-corrected chi connectivity index (χ4v) is 17.2. The number of benzene rings is 4. The van der Waals surface area contributed by atoms with Crippen molar-refractivity contribution in [3.63, 3.8) is 0 Å². The first-order valence-electron chi connectivity index (χ1n) is 21.5. The summed E-state index contributed by atoms with van der Waals surface area (Å²) in [5.74, 6) is -0.686. The number of aromatic amines is 1. The highest BCUT2D eigenvalue weighted by molar-refractivity contribution is 8.60. The molecule has 3 aromatic heterocycles. The summed E-state index contributed by atoms with van der Waals surface area (Å²) in [6.45, 7) is 6.94. The van der Waals surface area contributed by atoms with Crippen LogP contribution in [-0.2, 0) is 0 Å². The Morgan fingerprint density at radius 1 is 0.525 bits per heavy atom. The zero-order chi connectivity index (χ0) is 42.6. The van der Waals surface area contributed by atoms with Crippen LogP contribution in [0.25, 0.3) is 89.7 Å². The Bertz CT molecular complexity index is 2840. The summed E-state index contributed by atoms with van der Waals surface area (Å²) in [4.78, 5) is 34.1. The van der Waals surface area contributed by atoms with Gasteiger partial charge in [-0.15, -0.1) is 0 Å². The molecule has 4 aromatic carbocycles. The van der Waals surface area contributed by atoms with Gasteiger partial charge in [-0.3, -0.25) is 3.97 Å². The van der Waals surface area contributed by atoms with Crippen molar-refractivity contribution in [1.29, 1.82) is 0 Å². The van der Waals surface area contributed by atoms with Gasteiger partial charge in [-0.2, -0.15) is 12.7 Å². The minimum Gasteiger partial charge on any atom is -0.324 e. The van der Waals surface area contributed by atoms with Crippen LogP contribution in [-0.4, -0.2) is 67.5 Å². The van der Waals surface area contributed by atoms with E-state index in [0.717, 1.165) is 10.8 Å². The van der Waals surface area contributed by atoms with Crippen LogP contribution < -0.4 is 0 Å². The van der Waals surface area contributed by atoms with Crippen molar-refractivity contribution in [2.24, 2.45) is 0 Å². The van der Waals surface area contributed by atoms with Crippen molar-refractivity contribution >= 4 is 53.0 Å². The van der Waals surface area contributed by atoms with Gasteiger partial charge in [0.15, 0.2) is 40.8 Å². The van der Waals surface area contributed by atoms with E-state index in [1.54, 1.807) is 24.3 Å². The molecule has 1 unspecified atom stereocenters. The highest BCUT2D eigenvalue weighted by Gasteiger charge is 2.80. The Morgan fingerprint density at radius 3 is 1.23 bits per heavy atom. The van der Waals surface area contributed by atoms with Gasteiger partial charge in [0, 0.05) is 61.1 Å². The molecule has 316 valence electrons. The first-order chi connectivity index (χ1) is 29.5. The maximum atomic E-state index is 21.4. The topological polar surface area (TPSA) is 98.1 Å². The average Bonchev–Trinajstić information content (AvgIpc) is 4.02. The van der Waals surface area contributed by atoms with Gasteiger partial charge in [-0.1, -0.05) is 144 Å². The fourth-order valence-electron chi connectivity index (χ4n) is 9.53. The molecule has 61 heavy (non-hydrogen) atoms. The van der Waals surface area contributed by atoms with Gasteiger partial charge in [-0.05, 0) is 34.5 Å². The monoisotopic (exact) mass is 846 g/mol. The molecule has 0 amide bonds. The zero-order valence-corrected chi connectivity index (χ0v) is 35.8. The molecule has 0 aliphatic carbocycles. The third-order valence-corrected chi connectivity index (χ3v) is 20.3. The summed E-state index contributed by atoms with van der Waals surface area (Å²) in [6, 6.07) is 29.7. The van der Waals surface area contributed by atoms with Crippen molar-refractivity contribution in [3.8, 4) is 45.6 Å². The number of unbranched alkanes of at least 4 members (excludes halogenated alkanes) is 3. The van der Waals surface area contributed by atoms with Gasteiger partial charge in [0.1, 0.15) is 11.3 Å². The lowest BCUT2D eigenvalue weighted by molar-refractivity contribution is -0.00434. The zero-order valence-electron chi connectivity index (χ0n) is 34.9. The first kappa shape index (κ1) is 40.7. The normalized spacial score (nSPS) is 14.4. The van der Waals surface area contributed by atoms with Crippen LogP contribution in [0.2, 0.25) is 0 Å². The summed E-state index contributed by atoms with van der Waals surface area (Å²) in [6.07, 6.45) is -1.85. The Labute approximate surface area is 351 Å². The van der Waals surface area contributed by atoms with Gasteiger partial charge in [0.25, 0.3) is 0 Å². The van der Waals surface area contributed by atoms with Crippen molar-refractivity contribution < 1.29 is 17.1 Å². The Morgan fingerprint density at radius 2 is 0.869 bits per heavy atom. The van der Waals surface area contributed by atoms with Crippen LogP contribution in [0.4, 0.5) is 17.1 Å². The minimum atomic E-state index is -6.91. The number of alkyl halides is 3. The van der Waals surface area contributed by atoms with Crippen LogP contribution >= 0.6 is 8.87 Å². The van der Waals surface area contributed by atoms with E-state index in [0.29, 0.717) is 75.2 Å². The molecule has 0 saturated carbocycles. The number of nitrogens with zero attached hydrogens (tertiary/aromatic N) is 7. The quantitative estimate of drug-likeness (QED) is 0.116. The van der Waals surface area contributed by atoms with Crippen LogP contribution in [0.5, 0.6) is 0 Å². The van der Waals surface area contributed by atoms with E-state index in [1.807, 2.05) is 93.6 Å². The maximum absolute atomic E-state index is 21.4. The van der Waals surface area contributed by atoms with Crippen molar-refractivity contribution in [2.45, 2.75) is 84.1 Å². The second kappa shape index (κ2) is 14.7. The van der Waals surface area contributed by atoms with E-state index in [2.05, 4.69) is 4.98 Å². The van der Waals surface area contributed by atoms with E-state index >= 15 is 17.1 Å². The number of halogens is 4. The third-order valence-electron chi connectivity index (χ3n) is 12.8. The lowest BCUT2D eigenvalue weighted by Crippen LogP contribution is -2.62. The number of nitrogens with one attached hydrogen (secondary N) is 1. The molecular formula is C48H50F4N8S. The molecule has 2 aliphatic heterocycles. The average molecular weight is 847 g/mol. The second-order valence-corrected chi connectivity index (χ2v) is 22.6. The minimum absolute atomic E-state index is 0.0694. The predicted molar refractivity (Wildman–Crippen MR) is 243 cm³/mol. The maximum Gasteiger partial charge on any atom is 0.332 e. The van der Waals surface area contributed by atoms with Gasteiger partial charge in [0.2, 0.25) is 0 Å². The summed E-state index contributed by atoms with van der Waals surface area (Å²) < 4.78 is 76.7. The van der Waals surface area contributed by atoms with Crippen LogP contribution in [0.3, 0.4) is 0 Å². The third kappa shape index (κ3) is 5.78. The lowest BCUT2D eigenvalue weighted by atomic mass is 10.1. The van der Waals surface area contributed by atoms with E-state index in [4.69, 9.17) is 29.9 Å². The van der Waals surface area contributed by atoms with Gasteiger partial charge >= 0.3 is 5.25 Å². The van der Waals surface area contributed by atoms with E-state index in [-0.39, 0.29) is 42.2 Å². The molecular weight excluding hydrogens is 797 g/mol. The Balaban J connectivity index is 1.62. The molecule has 8 nitrogen and oxygen atoms in total. The molecule has 1 N–H and O–H groups in total. The smallest absolute Gasteiger partial charge is 0.324 e. The second-order valence-electron chi connectivity index (χ2n) is 16.5. The summed E-state index contributed by atoms with van der Waals surface area (Å²) in [7, 11) is -6.91. The van der Waals surface area contributed by atoms with Crippen molar-refractivity contribution in [1.82, 2.24) is 38.9 Å². The molecule has 0 radical (unpaired) electrons. The molecule has 0 fully saturated rings. The largest absolute Gasteiger partial charge is 0.332 e. The molecule has 8 bridgehead atoms. The Hall–Kier alpha value is -5.69. The number of fused-ring (bicyclic) bond motifs is 20. The van der Waals surface area contributed by atoms with Crippen LogP contribution in [0.15, 0.2) is 97.1 Å². The van der Waals surface area contributed by atoms with Crippen LogP contribution in [0, 0.1) is 0 Å². The predicted octanol–water partition coefficient (Wildman–Crippen LogP) is 13.6. The first-order valence-corrected chi connectivity index (χ1v) is 24.3. The summed E-state index contributed by atoms with van der Waals surface area (Å²) >= 11 is 0. The molecule has 9 rings (SSSR count). The standard InChI is InChI=1S/C48H50F4N8S/c1-5-9-28-61(52,29-10-6-2,30-11-7-3,48(50,51)39(49)8-4)60-46-37-26-18-19-27-38(37)47(60)59-45-36-25-17-15-23-34(36)43(57-45)55-41-32-21-13-12-20-31(32)40(53-41)54-42-33-22-14-16-24-35(33)44(56-42)58-46/h12-27,39H,5-11,28-30H2,1-4H3,(H,53,54,55,56,57,58,59). The van der Waals surface area contributed by atoms with Crippen molar-refractivity contribution in [3.05, 3.63) is 97.1 Å². The van der Waals surface area contributed by atoms with Gasteiger partial charge in [0.05, 0.1) is 0 Å². The number of aromatic nitrogens is 8. The molecule has 0 saturated heterocycles. The van der Waals surface area contributed by atoms with E-state index in [9.17, 15) is 0 Å². The number of hydrogen-bond donors (Lipinski definition) is 1. The van der Waals surface area contributed by atoms with E-state index < -0.39 is 44.0 Å². The Kier molecular flexibility index (Phi) is 9.84. The number of rotatable bonds is 13. The molecule has 13 heteroatoms. The SMILES string of the molecule is CCCCS(F)(CCCC)(CCCC)(n1c2nc3nc(nc4[nH]c(nc5nc(nc1c1ccccc12)-c1ccccc1-5)c1ccccc41)-c1ccccc1-3)C(F)(F)C(F)CC. The molecule has 2 aliphatic rings. The molecule has 1 atom stereocenters. The molecule has 7 aromatic rings. The van der Waals surface area contributed by atoms with Crippen LogP contribution in [0.1, 0.15) is 72.6 Å². The lowest BCUT2D eigenvalue weighted by Gasteiger charge is -2.77. The number of hydrogen-bond acceptors (Lipinski definition) is 6. The van der Waals surface area contributed by atoms with E-state index in [1.165, 1.54) is 10.9 Å². The highest BCUT2D eigenvalue weighted by atomic mass is 32.4. The van der Waals surface area contributed by atoms with Crippen molar-refractivity contribution in [2.75, 3.05) is 17.3 Å².